The fourth-order valence-corrected chi connectivity index (χ4v) is 3.99. The number of carbonyl (C=O) groups is 1. The Balaban J connectivity index is 1.61. The lowest BCUT2D eigenvalue weighted by atomic mass is 10.0. The number of aliphatic hydroxyl groups is 1. The molecule has 2 aliphatic rings. The van der Waals surface area contributed by atoms with Crippen LogP contribution in [0.25, 0.3) is 0 Å². The standard InChI is InChI=1S/C17H28N4O2/c1-19-12-13(11-18-19)16(22)10-15-8-5-9-21(15)17(23)20(2)14-6-3-4-7-14/h11-12,14-16,22H,3-10H2,1-2H3/t15-,16+/m1/s1. The maximum absolute atomic E-state index is 12.8. The largest absolute Gasteiger partial charge is 0.388 e. The summed E-state index contributed by atoms with van der Waals surface area (Å²) in [4.78, 5) is 16.7. The summed E-state index contributed by atoms with van der Waals surface area (Å²) in [6.07, 6.45) is 10.3. The van der Waals surface area contributed by atoms with Crippen LogP contribution in [0.1, 0.15) is 56.6 Å². The summed E-state index contributed by atoms with van der Waals surface area (Å²) in [6, 6.07) is 0.659. The first-order chi connectivity index (χ1) is 11.1. The van der Waals surface area contributed by atoms with E-state index in [1.54, 1.807) is 10.9 Å². The molecule has 1 aliphatic heterocycles. The molecular formula is C17H28N4O2. The van der Waals surface area contributed by atoms with Crippen molar-refractivity contribution in [2.24, 2.45) is 7.05 Å². The monoisotopic (exact) mass is 320 g/mol. The van der Waals surface area contributed by atoms with Crippen LogP contribution in [0, 0.1) is 0 Å². The van der Waals surface area contributed by atoms with Crippen molar-refractivity contribution in [1.29, 1.82) is 0 Å². The normalized spacial score (nSPS) is 23.4. The van der Waals surface area contributed by atoms with Crippen molar-refractivity contribution in [3.05, 3.63) is 18.0 Å². The van der Waals surface area contributed by atoms with E-state index in [1.165, 1.54) is 12.8 Å². The molecule has 3 rings (SSSR count). The molecule has 6 nitrogen and oxygen atoms in total. The molecule has 1 aromatic heterocycles. The molecule has 1 N–H and O–H groups in total. The highest BCUT2D eigenvalue weighted by Crippen LogP contribution is 2.30. The summed E-state index contributed by atoms with van der Waals surface area (Å²) >= 11 is 0. The zero-order chi connectivity index (χ0) is 16.4. The Bertz CT molecular complexity index is 538. The first-order valence-corrected chi connectivity index (χ1v) is 8.76. The minimum Gasteiger partial charge on any atom is -0.388 e. The third-order valence-electron chi connectivity index (χ3n) is 5.40. The van der Waals surface area contributed by atoms with Gasteiger partial charge in [0.05, 0.1) is 12.3 Å². The zero-order valence-corrected chi connectivity index (χ0v) is 14.2. The predicted octanol–water partition coefficient (Wildman–Crippen LogP) is 2.30. The van der Waals surface area contributed by atoms with E-state index >= 15 is 0 Å². The number of hydrogen-bond donors (Lipinski definition) is 1. The van der Waals surface area contributed by atoms with Gasteiger partial charge in [-0.2, -0.15) is 5.10 Å². The first-order valence-electron chi connectivity index (χ1n) is 8.76. The van der Waals surface area contributed by atoms with Crippen molar-refractivity contribution in [3.63, 3.8) is 0 Å². The molecule has 128 valence electrons. The molecule has 1 saturated heterocycles. The highest BCUT2D eigenvalue weighted by Gasteiger charge is 2.34. The number of nitrogens with zero attached hydrogens (tertiary/aromatic N) is 4. The summed E-state index contributed by atoms with van der Waals surface area (Å²) < 4.78 is 1.70. The average Bonchev–Trinajstić information content (AvgIpc) is 3.26. The molecule has 2 heterocycles. The molecule has 1 aromatic rings. The van der Waals surface area contributed by atoms with Crippen LogP contribution >= 0.6 is 0 Å². The molecule has 23 heavy (non-hydrogen) atoms. The van der Waals surface area contributed by atoms with E-state index < -0.39 is 6.10 Å². The molecule has 2 amide bonds. The summed E-state index contributed by atoms with van der Waals surface area (Å²) in [6.45, 7) is 0.806. The molecule has 1 aliphatic carbocycles. The predicted molar refractivity (Wildman–Crippen MR) is 87.9 cm³/mol. The first kappa shape index (κ1) is 16.3. The van der Waals surface area contributed by atoms with Gasteiger partial charge >= 0.3 is 6.03 Å². The van der Waals surface area contributed by atoms with E-state index in [0.29, 0.717) is 12.5 Å². The Morgan fingerprint density at radius 1 is 1.39 bits per heavy atom. The molecule has 6 heteroatoms. The number of likely N-dealkylation sites (tertiary alicyclic amines) is 1. The quantitative estimate of drug-likeness (QED) is 0.926. The van der Waals surface area contributed by atoms with Gasteiger partial charge in [0.25, 0.3) is 0 Å². The van der Waals surface area contributed by atoms with Gasteiger partial charge in [0, 0.05) is 44.5 Å². The maximum Gasteiger partial charge on any atom is 0.320 e. The Kier molecular flexibility index (Phi) is 4.90. The number of aliphatic hydroxyl groups excluding tert-OH is 1. The number of aryl methyl sites for hydroxylation is 1. The minimum absolute atomic E-state index is 0.126. The topological polar surface area (TPSA) is 61.6 Å². The molecule has 1 saturated carbocycles. The zero-order valence-electron chi connectivity index (χ0n) is 14.2. The fourth-order valence-electron chi connectivity index (χ4n) is 3.99. The molecule has 0 aromatic carbocycles. The van der Waals surface area contributed by atoms with Gasteiger partial charge in [0.2, 0.25) is 0 Å². The van der Waals surface area contributed by atoms with E-state index in [2.05, 4.69) is 5.10 Å². The van der Waals surface area contributed by atoms with Crippen molar-refractivity contribution in [2.75, 3.05) is 13.6 Å². The van der Waals surface area contributed by atoms with Gasteiger partial charge in [-0.25, -0.2) is 4.79 Å². The lowest BCUT2D eigenvalue weighted by Gasteiger charge is -2.33. The van der Waals surface area contributed by atoms with Crippen LogP contribution < -0.4 is 0 Å². The number of urea groups is 1. The van der Waals surface area contributed by atoms with E-state index in [9.17, 15) is 9.90 Å². The van der Waals surface area contributed by atoms with Crippen LogP contribution in [0.2, 0.25) is 0 Å². The summed E-state index contributed by atoms with van der Waals surface area (Å²) in [7, 11) is 3.78. The van der Waals surface area contributed by atoms with Crippen LogP contribution in [-0.2, 0) is 7.05 Å². The van der Waals surface area contributed by atoms with Crippen LogP contribution in [0.4, 0.5) is 4.79 Å². The molecule has 0 unspecified atom stereocenters. The molecule has 0 spiro atoms. The van der Waals surface area contributed by atoms with Gasteiger partial charge in [0.1, 0.15) is 0 Å². The fraction of sp³-hybridized carbons (Fsp3) is 0.765. The second-order valence-corrected chi connectivity index (χ2v) is 7.02. The average molecular weight is 320 g/mol. The van der Waals surface area contributed by atoms with Crippen molar-refractivity contribution in [1.82, 2.24) is 19.6 Å². The Hall–Kier alpha value is -1.56. The minimum atomic E-state index is -0.557. The van der Waals surface area contributed by atoms with Crippen molar-refractivity contribution in [2.45, 2.75) is 63.1 Å². The maximum atomic E-state index is 12.8. The van der Waals surface area contributed by atoms with Gasteiger partial charge in [0.15, 0.2) is 0 Å². The van der Waals surface area contributed by atoms with E-state index in [4.69, 9.17) is 0 Å². The van der Waals surface area contributed by atoms with Crippen LogP contribution in [0.3, 0.4) is 0 Å². The molecule has 2 fully saturated rings. The second kappa shape index (κ2) is 6.91. The van der Waals surface area contributed by atoms with E-state index in [0.717, 1.165) is 37.8 Å². The van der Waals surface area contributed by atoms with E-state index in [1.807, 2.05) is 30.1 Å². The van der Waals surface area contributed by atoms with Crippen molar-refractivity contribution in [3.8, 4) is 0 Å². The summed E-state index contributed by atoms with van der Waals surface area (Å²) in [5.74, 6) is 0. The van der Waals surface area contributed by atoms with Gasteiger partial charge in [-0.3, -0.25) is 4.68 Å². The highest BCUT2D eigenvalue weighted by molar-refractivity contribution is 5.75. The van der Waals surface area contributed by atoms with Crippen LogP contribution in [0.5, 0.6) is 0 Å². The Morgan fingerprint density at radius 2 is 2.13 bits per heavy atom. The highest BCUT2D eigenvalue weighted by atomic mass is 16.3. The van der Waals surface area contributed by atoms with Crippen molar-refractivity contribution >= 4 is 6.03 Å². The van der Waals surface area contributed by atoms with Gasteiger partial charge in [-0.1, -0.05) is 12.8 Å². The van der Waals surface area contributed by atoms with Crippen LogP contribution in [0.15, 0.2) is 12.4 Å². The third kappa shape index (κ3) is 3.52. The Labute approximate surface area is 138 Å². The summed E-state index contributed by atoms with van der Waals surface area (Å²) in [5.41, 5.74) is 0.830. The number of aromatic nitrogens is 2. The molecule has 2 atom stereocenters. The lowest BCUT2D eigenvalue weighted by molar-refractivity contribution is 0.108. The number of rotatable bonds is 4. The number of amides is 2. The van der Waals surface area contributed by atoms with E-state index in [-0.39, 0.29) is 12.1 Å². The van der Waals surface area contributed by atoms with Crippen LogP contribution in [-0.4, -0.2) is 56.4 Å². The summed E-state index contributed by atoms with van der Waals surface area (Å²) in [5, 5.41) is 14.6. The number of carbonyl (C=O) groups excluding carboxylic acids is 1. The van der Waals surface area contributed by atoms with Gasteiger partial charge < -0.3 is 14.9 Å². The molecule has 0 radical (unpaired) electrons. The van der Waals surface area contributed by atoms with Gasteiger partial charge in [-0.05, 0) is 32.1 Å². The smallest absolute Gasteiger partial charge is 0.320 e. The molecule has 0 bridgehead atoms. The van der Waals surface area contributed by atoms with Crippen molar-refractivity contribution < 1.29 is 9.90 Å². The van der Waals surface area contributed by atoms with Gasteiger partial charge in [-0.15, -0.1) is 0 Å². The molecular weight excluding hydrogens is 292 g/mol. The SMILES string of the molecule is CN(C(=O)N1CCC[C@@H]1C[C@H](O)c1cnn(C)c1)C1CCCC1. The Morgan fingerprint density at radius 3 is 2.78 bits per heavy atom. The third-order valence-corrected chi connectivity index (χ3v) is 5.40. The lowest BCUT2D eigenvalue weighted by Crippen LogP contribution is -2.47. The number of hydrogen-bond acceptors (Lipinski definition) is 3. The second-order valence-electron chi connectivity index (χ2n) is 7.02.